The van der Waals surface area contributed by atoms with E-state index in [9.17, 15) is 4.79 Å². The van der Waals surface area contributed by atoms with E-state index < -0.39 is 0 Å². The first kappa shape index (κ1) is 6.71. The summed E-state index contributed by atoms with van der Waals surface area (Å²) in [5, 5.41) is 0. The maximum Gasteiger partial charge on any atom is 0.321 e. The van der Waals surface area contributed by atoms with Crippen molar-refractivity contribution in [2.45, 2.75) is 0 Å². The van der Waals surface area contributed by atoms with Gasteiger partial charge in [0.2, 0.25) is 0 Å². The number of rotatable bonds is 2. The van der Waals surface area contributed by atoms with Gasteiger partial charge in [0.05, 0.1) is 6.20 Å². The van der Waals surface area contributed by atoms with Crippen LogP contribution in [0.3, 0.4) is 0 Å². The number of hydrogen-bond donors (Lipinski definition) is 0. The summed E-state index contributed by atoms with van der Waals surface area (Å²) in [4.78, 5) is 26.1. The molecule has 12 heavy (non-hydrogen) atoms. The van der Waals surface area contributed by atoms with Gasteiger partial charge in [-0.3, -0.25) is 4.79 Å². The van der Waals surface area contributed by atoms with E-state index in [1.54, 1.807) is 0 Å². The Kier molecular flexibility index (Phi) is 1.44. The molecule has 0 N–H and O–H groups in total. The molecule has 60 valence electrons. The van der Waals surface area contributed by atoms with Crippen LogP contribution in [0.1, 0.15) is 0 Å². The molecule has 6 nitrogen and oxygen atoms in total. The maximum atomic E-state index is 10.0. The minimum atomic E-state index is 0.309. The first-order valence-electron chi connectivity index (χ1n) is 3.15. The fraction of sp³-hybridized carbons (Fsp3) is 0. The second-order valence-electron chi connectivity index (χ2n) is 2.00. The lowest BCUT2D eigenvalue weighted by molar-refractivity contribution is -0.128. The molecule has 0 atom stereocenters. The molecule has 0 aromatic carbocycles. The summed E-state index contributed by atoms with van der Waals surface area (Å²) in [6.45, 7) is 0.309. The van der Waals surface area contributed by atoms with Gasteiger partial charge in [-0.2, -0.15) is 0 Å². The fourth-order valence-corrected chi connectivity index (χ4v) is 0.870. The smallest absolute Gasteiger partial charge is 0.321 e. The number of fused-ring (bicyclic) bond motifs is 1. The zero-order valence-corrected chi connectivity index (χ0v) is 5.91. The first-order chi connectivity index (χ1) is 5.92. The van der Waals surface area contributed by atoms with Crippen molar-refractivity contribution in [3.63, 3.8) is 0 Å². The summed E-state index contributed by atoms with van der Waals surface area (Å²) >= 11 is 0. The Labute approximate surface area is 66.8 Å². The van der Waals surface area contributed by atoms with E-state index in [0.29, 0.717) is 17.6 Å². The SMILES string of the molecule is O=COn1cnc2cncnc21. The van der Waals surface area contributed by atoms with Crippen molar-refractivity contribution in [1.29, 1.82) is 0 Å². The lowest BCUT2D eigenvalue weighted by atomic mass is 10.6. The highest BCUT2D eigenvalue weighted by molar-refractivity contribution is 5.68. The van der Waals surface area contributed by atoms with Gasteiger partial charge < -0.3 is 4.84 Å². The van der Waals surface area contributed by atoms with E-state index in [0.717, 1.165) is 0 Å². The van der Waals surface area contributed by atoms with Crippen LogP contribution < -0.4 is 4.84 Å². The molecule has 0 fully saturated rings. The minimum Gasteiger partial charge on any atom is -0.337 e. The predicted molar refractivity (Wildman–Crippen MR) is 38.0 cm³/mol. The van der Waals surface area contributed by atoms with Gasteiger partial charge >= 0.3 is 6.47 Å². The molecule has 0 radical (unpaired) electrons. The van der Waals surface area contributed by atoms with Crippen LogP contribution in [0, 0.1) is 0 Å². The molecular formula is C6H4N4O2. The van der Waals surface area contributed by atoms with E-state index in [2.05, 4.69) is 19.8 Å². The number of imidazole rings is 1. The molecule has 0 spiro atoms. The van der Waals surface area contributed by atoms with Gasteiger partial charge in [-0.05, 0) is 0 Å². The molecular weight excluding hydrogens is 160 g/mol. The zero-order chi connectivity index (χ0) is 8.39. The molecule has 2 heterocycles. The maximum absolute atomic E-state index is 10.0. The third kappa shape index (κ3) is 0.895. The largest absolute Gasteiger partial charge is 0.337 e. The third-order valence-corrected chi connectivity index (χ3v) is 1.34. The first-order valence-corrected chi connectivity index (χ1v) is 3.15. The molecule has 0 aliphatic carbocycles. The summed E-state index contributed by atoms with van der Waals surface area (Å²) < 4.78 is 1.17. The Bertz CT molecular complexity index is 411. The van der Waals surface area contributed by atoms with Gasteiger partial charge in [-0.15, -0.1) is 4.73 Å². The lowest BCUT2D eigenvalue weighted by Gasteiger charge is -1.94. The quantitative estimate of drug-likeness (QED) is 0.555. The second kappa shape index (κ2) is 2.57. The van der Waals surface area contributed by atoms with Gasteiger partial charge in [0.25, 0.3) is 0 Å². The van der Waals surface area contributed by atoms with Gasteiger partial charge in [0.15, 0.2) is 5.65 Å². The monoisotopic (exact) mass is 164 g/mol. The van der Waals surface area contributed by atoms with Gasteiger partial charge in [-0.25, -0.2) is 15.0 Å². The molecule has 2 aromatic heterocycles. The summed E-state index contributed by atoms with van der Waals surface area (Å²) in [5.74, 6) is 0. The fourth-order valence-electron chi connectivity index (χ4n) is 0.870. The second-order valence-corrected chi connectivity index (χ2v) is 2.00. The van der Waals surface area contributed by atoms with Crippen LogP contribution in [0.4, 0.5) is 0 Å². The standard InChI is InChI=1S/C6H4N4O2/c11-4-12-10-3-9-5-1-7-2-8-6(5)10/h1-4H. The van der Waals surface area contributed by atoms with Gasteiger partial charge in [0.1, 0.15) is 18.2 Å². The Morgan fingerprint density at radius 3 is 3.25 bits per heavy atom. The molecule has 0 amide bonds. The Morgan fingerprint density at radius 1 is 1.50 bits per heavy atom. The number of nitrogens with zero attached hydrogens (tertiary/aromatic N) is 4. The van der Waals surface area contributed by atoms with E-state index >= 15 is 0 Å². The normalized spacial score (nSPS) is 10.0. The van der Waals surface area contributed by atoms with Crippen molar-refractivity contribution in [1.82, 2.24) is 19.7 Å². The minimum absolute atomic E-state index is 0.309. The topological polar surface area (TPSA) is 69.9 Å². The summed E-state index contributed by atoms with van der Waals surface area (Å²) in [7, 11) is 0. The molecule has 0 saturated carbocycles. The van der Waals surface area contributed by atoms with E-state index in [4.69, 9.17) is 0 Å². The molecule has 2 rings (SSSR count). The summed E-state index contributed by atoms with van der Waals surface area (Å²) in [6, 6.07) is 0. The molecule has 0 saturated heterocycles. The van der Waals surface area contributed by atoms with Crippen LogP contribution >= 0.6 is 0 Å². The lowest BCUT2D eigenvalue weighted by Crippen LogP contribution is -2.07. The van der Waals surface area contributed by atoms with Crippen molar-refractivity contribution in [2.75, 3.05) is 0 Å². The number of carbonyl (C=O) groups excluding carboxylic acids is 1. The summed E-state index contributed by atoms with van der Waals surface area (Å²) in [5.41, 5.74) is 1.05. The summed E-state index contributed by atoms with van der Waals surface area (Å²) in [6.07, 6.45) is 4.25. The molecule has 0 aliphatic rings. The van der Waals surface area contributed by atoms with E-state index in [1.807, 2.05) is 0 Å². The van der Waals surface area contributed by atoms with Crippen LogP contribution in [0.5, 0.6) is 0 Å². The average Bonchev–Trinajstić information content (AvgIpc) is 2.50. The van der Waals surface area contributed by atoms with Crippen LogP contribution in [-0.2, 0) is 4.79 Å². The molecule has 0 unspecified atom stereocenters. The van der Waals surface area contributed by atoms with E-state index in [1.165, 1.54) is 23.6 Å². The van der Waals surface area contributed by atoms with E-state index in [-0.39, 0.29) is 0 Å². The molecule has 6 heteroatoms. The van der Waals surface area contributed by atoms with Crippen molar-refractivity contribution in [3.8, 4) is 0 Å². The molecule has 0 aliphatic heterocycles. The highest BCUT2D eigenvalue weighted by Crippen LogP contribution is 2.03. The number of aromatic nitrogens is 4. The molecule has 0 bridgehead atoms. The van der Waals surface area contributed by atoms with Crippen LogP contribution in [0.2, 0.25) is 0 Å². The van der Waals surface area contributed by atoms with Crippen LogP contribution in [0.25, 0.3) is 11.2 Å². The highest BCUT2D eigenvalue weighted by atomic mass is 16.7. The Morgan fingerprint density at radius 2 is 2.42 bits per heavy atom. The third-order valence-electron chi connectivity index (χ3n) is 1.34. The van der Waals surface area contributed by atoms with Crippen molar-refractivity contribution < 1.29 is 9.63 Å². The van der Waals surface area contributed by atoms with Gasteiger partial charge in [0, 0.05) is 0 Å². The zero-order valence-electron chi connectivity index (χ0n) is 5.91. The van der Waals surface area contributed by atoms with Crippen LogP contribution in [0.15, 0.2) is 18.9 Å². The number of carbonyl (C=O) groups is 1. The Hall–Kier alpha value is -1.98. The molecule has 2 aromatic rings. The average molecular weight is 164 g/mol. The van der Waals surface area contributed by atoms with Crippen molar-refractivity contribution >= 4 is 17.6 Å². The Balaban J connectivity index is 2.62. The van der Waals surface area contributed by atoms with Crippen LogP contribution in [-0.4, -0.2) is 26.2 Å². The van der Waals surface area contributed by atoms with Crippen molar-refractivity contribution in [3.05, 3.63) is 18.9 Å². The van der Waals surface area contributed by atoms with Gasteiger partial charge in [-0.1, -0.05) is 0 Å². The number of hydrogen-bond acceptors (Lipinski definition) is 5. The van der Waals surface area contributed by atoms with Crippen molar-refractivity contribution in [2.24, 2.45) is 0 Å². The predicted octanol–water partition coefficient (Wildman–Crippen LogP) is -0.589. The highest BCUT2D eigenvalue weighted by Gasteiger charge is 2.02.